The third-order valence-electron chi connectivity index (χ3n) is 12.7. The molecule has 2 amide bonds. The number of ether oxygens (including phenoxy) is 3. The number of hydrogen-bond donors (Lipinski definition) is 1. The fourth-order valence-electron chi connectivity index (χ4n) is 9.21. The summed E-state index contributed by atoms with van der Waals surface area (Å²) in [7, 11) is -1.84. The van der Waals surface area contributed by atoms with E-state index < -0.39 is 27.0 Å². The molecule has 0 radical (unpaired) electrons. The molecule has 1 aromatic heterocycles. The third-order valence-corrected chi connectivity index (χ3v) is 15.3. The normalized spacial score (nSPS) is 32.8. The van der Waals surface area contributed by atoms with Crippen molar-refractivity contribution in [2.24, 2.45) is 22.1 Å². The first kappa shape index (κ1) is 37.3. The summed E-state index contributed by atoms with van der Waals surface area (Å²) < 4.78 is 42.7. The summed E-state index contributed by atoms with van der Waals surface area (Å²) in [6.45, 7) is 8.77. The van der Waals surface area contributed by atoms with E-state index in [-0.39, 0.29) is 23.5 Å². The fraction of sp³-hybridized carbons (Fsp3) is 0.524. The second-order valence-corrected chi connectivity index (χ2v) is 18.9. The average molecular weight is 775 g/mol. The molecule has 1 N–H and O–H groups in total. The van der Waals surface area contributed by atoms with Crippen LogP contribution in [0.4, 0.5) is 5.69 Å². The van der Waals surface area contributed by atoms with Gasteiger partial charge in [0.1, 0.15) is 15.7 Å². The van der Waals surface area contributed by atoms with Gasteiger partial charge < -0.3 is 23.7 Å². The van der Waals surface area contributed by atoms with Crippen LogP contribution in [0.3, 0.4) is 0 Å². The van der Waals surface area contributed by atoms with Gasteiger partial charge in [0.25, 0.3) is 11.8 Å². The van der Waals surface area contributed by atoms with Crippen molar-refractivity contribution in [3.8, 4) is 5.75 Å². The number of anilines is 1. The minimum atomic E-state index is -3.62. The van der Waals surface area contributed by atoms with Crippen molar-refractivity contribution in [3.63, 3.8) is 0 Å². The van der Waals surface area contributed by atoms with E-state index in [2.05, 4.69) is 38.3 Å². The number of aromatic nitrogens is 1. The highest BCUT2D eigenvalue weighted by atomic mass is 35.5. The van der Waals surface area contributed by atoms with Gasteiger partial charge >= 0.3 is 0 Å². The molecule has 2 bridgehead atoms. The molecule has 10 nitrogen and oxygen atoms in total. The van der Waals surface area contributed by atoms with Crippen LogP contribution < -0.4 is 14.4 Å². The Morgan fingerprint density at radius 2 is 1.96 bits per heavy atom. The van der Waals surface area contributed by atoms with Gasteiger partial charge in [0.05, 0.1) is 41.9 Å². The van der Waals surface area contributed by atoms with Gasteiger partial charge in [-0.2, -0.15) is 0 Å². The van der Waals surface area contributed by atoms with E-state index in [1.54, 1.807) is 32.4 Å². The number of allylic oxidation sites excluding steroid dienone is 1. The molecule has 2 aromatic carbocycles. The lowest BCUT2D eigenvalue weighted by molar-refractivity contribution is 0.0131. The predicted molar refractivity (Wildman–Crippen MR) is 211 cm³/mol. The topological polar surface area (TPSA) is 111 Å². The first-order valence-electron chi connectivity index (χ1n) is 19.4. The first-order chi connectivity index (χ1) is 25.9. The number of rotatable bonds is 3. The van der Waals surface area contributed by atoms with Gasteiger partial charge in [-0.3, -0.25) is 14.3 Å². The first-order valence-corrected chi connectivity index (χ1v) is 21.3. The minimum Gasteiger partial charge on any atom is -0.490 e. The number of halogens is 1. The fourth-order valence-corrected chi connectivity index (χ4v) is 11.3. The Morgan fingerprint density at radius 3 is 2.76 bits per heavy atom. The third kappa shape index (κ3) is 7.01. The molecule has 288 valence electrons. The van der Waals surface area contributed by atoms with Crippen molar-refractivity contribution in [1.29, 1.82) is 0 Å². The van der Waals surface area contributed by atoms with Crippen LogP contribution in [-0.4, -0.2) is 64.9 Å². The summed E-state index contributed by atoms with van der Waals surface area (Å²) in [5.41, 5.74) is 4.62. The maximum absolute atomic E-state index is 15.0. The van der Waals surface area contributed by atoms with E-state index in [1.165, 1.54) is 11.1 Å². The van der Waals surface area contributed by atoms with Crippen molar-refractivity contribution >= 4 is 39.0 Å². The molecule has 1 unspecified atom stereocenters. The van der Waals surface area contributed by atoms with E-state index in [1.807, 2.05) is 36.6 Å². The Balaban J connectivity index is 1.20. The molecule has 5 aliphatic rings. The van der Waals surface area contributed by atoms with Crippen molar-refractivity contribution in [2.45, 2.75) is 95.3 Å². The zero-order valence-corrected chi connectivity index (χ0v) is 33.2. The molecular formula is C42H51ClN4O6S. The van der Waals surface area contributed by atoms with Crippen LogP contribution in [0.2, 0.25) is 5.02 Å². The lowest BCUT2D eigenvalue weighted by Crippen LogP contribution is -2.49. The molecule has 1 saturated carbocycles. The van der Waals surface area contributed by atoms with Gasteiger partial charge in [-0.25, -0.2) is 4.21 Å². The number of benzene rings is 2. The van der Waals surface area contributed by atoms with Crippen molar-refractivity contribution in [1.82, 2.24) is 9.29 Å². The summed E-state index contributed by atoms with van der Waals surface area (Å²) in [6.07, 6.45) is 11.7. The molecule has 54 heavy (non-hydrogen) atoms. The van der Waals surface area contributed by atoms with E-state index in [4.69, 9.17) is 25.8 Å². The standard InChI is InChI=1S/C42H51ClN4O6S/c1-26-7-5-9-38(51-4)35-13-10-31(35)21-47-24-42(16-6-8-29-17-33(43)12-14-36(29)42)25-53-39-15-11-30(19-37(39)47)40(48)44-54(50,28(26)3)45-41(49)32-18-34-23-52-27(2)20-46(34)22-32/h5,9,11-12,14-15,17-19,22,26-28,31,35,38H,6-8,10,13,16,20-21,23-25H2,1-4H3,(H,44,45,48,49,50)/b9-5+/t26-,27-,28+,31-,35+,38-,42-,54?/m0/s1. The van der Waals surface area contributed by atoms with Crippen LogP contribution >= 0.6 is 11.6 Å². The van der Waals surface area contributed by atoms with E-state index >= 15 is 4.21 Å². The van der Waals surface area contributed by atoms with E-state index in [9.17, 15) is 9.59 Å². The second kappa shape index (κ2) is 14.8. The summed E-state index contributed by atoms with van der Waals surface area (Å²) in [5.74, 6) is 0.0691. The van der Waals surface area contributed by atoms with E-state index in [0.717, 1.165) is 55.1 Å². The Bertz CT molecular complexity index is 2110. The number of methoxy groups -OCH3 is 1. The van der Waals surface area contributed by atoms with Gasteiger partial charge in [0, 0.05) is 54.6 Å². The highest BCUT2D eigenvalue weighted by molar-refractivity contribution is 7.93. The average Bonchev–Trinajstić information content (AvgIpc) is 3.50. The maximum Gasteiger partial charge on any atom is 0.286 e. The number of hydrogen-bond acceptors (Lipinski definition) is 7. The molecule has 3 aliphatic heterocycles. The second-order valence-electron chi connectivity index (χ2n) is 16.2. The molecule has 12 heteroatoms. The Hall–Kier alpha value is -3.64. The van der Waals surface area contributed by atoms with Crippen LogP contribution in [-0.2, 0) is 44.4 Å². The Kier molecular flexibility index (Phi) is 10.2. The summed E-state index contributed by atoms with van der Waals surface area (Å²) >= 11 is 6.48. The molecule has 0 saturated heterocycles. The quantitative estimate of drug-likeness (QED) is 0.274. The van der Waals surface area contributed by atoms with Crippen LogP contribution in [0.25, 0.3) is 0 Å². The van der Waals surface area contributed by atoms with Crippen LogP contribution in [0.1, 0.15) is 90.4 Å². The van der Waals surface area contributed by atoms with Crippen LogP contribution in [0.5, 0.6) is 5.75 Å². The van der Waals surface area contributed by atoms with Crippen molar-refractivity contribution < 1.29 is 28.0 Å². The van der Waals surface area contributed by atoms with Gasteiger partial charge in [-0.05, 0) is 118 Å². The number of aryl methyl sites for hydroxylation is 1. The molecule has 1 spiro atoms. The SMILES string of the molecule is CO[C@H]1/C=C/C[C@H](C)[C@@H](C)S(=O)(NC(=O)c2cc3n(c2)C[C@H](C)OC3)=NC(=O)c2ccc3c(c2)N(C[C@@H]2CC[C@H]21)C[C@@]1(CCCc2cc(Cl)ccc21)CO3. The zero-order valence-electron chi connectivity index (χ0n) is 31.6. The monoisotopic (exact) mass is 774 g/mol. The lowest BCUT2D eigenvalue weighted by atomic mass is 9.68. The predicted octanol–water partition coefficient (Wildman–Crippen LogP) is 7.51. The Morgan fingerprint density at radius 1 is 1.11 bits per heavy atom. The van der Waals surface area contributed by atoms with Gasteiger partial charge in [0.2, 0.25) is 0 Å². The number of amides is 2. The summed E-state index contributed by atoms with van der Waals surface area (Å²) in [5, 5.41) is 0.0893. The number of fused-ring (bicyclic) bond motifs is 5. The van der Waals surface area contributed by atoms with Gasteiger partial charge in [-0.15, -0.1) is 4.36 Å². The van der Waals surface area contributed by atoms with E-state index in [0.29, 0.717) is 61.4 Å². The summed E-state index contributed by atoms with van der Waals surface area (Å²) in [4.78, 5) is 30.5. The zero-order chi connectivity index (χ0) is 37.8. The molecule has 3 aromatic rings. The molecular weight excluding hydrogens is 724 g/mol. The molecule has 8 atom stereocenters. The van der Waals surface area contributed by atoms with Gasteiger partial charge in [-0.1, -0.05) is 36.7 Å². The van der Waals surface area contributed by atoms with Crippen molar-refractivity contribution in [3.05, 3.63) is 93.8 Å². The molecule has 4 heterocycles. The molecule has 1 fully saturated rings. The van der Waals surface area contributed by atoms with Crippen LogP contribution in [0, 0.1) is 17.8 Å². The number of nitrogens with zero attached hydrogens (tertiary/aromatic N) is 3. The smallest absolute Gasteiger partial charge is 0.286 e. The Labute approximate surface area is 323 Å². The lowest BCUT2D eigenvalue weighted by Gasteiger charge is -2.46. The number of carbonyl (C=O) groups is 2. The molecule has 8 rings (SSSR count). The largest absolute Gasteiger partial charge is 0.490 e. The van der Waals surface area contributed by atoms with Crippen molar-refractivity contribution in [2.75, 3.05) is 31.7 Å². The van der Waals surface area contributed by atoms with Crippen LogP contribution in [0.15, 0.2) is 65.2 Å². The summed E-state index contributed by atoms with van der Waals surface area (Å²) in [6, 6.07) is 13.4. The maximum atomic E-state index is 15.0. The van der Waals surface area contributed by atoms with Gasteiger partial charge in [0.15, 0.2) is 0 Å². The molecule has 2 aliphatic carbocycles. The minimum absolute atomic E-state index is 0.0187. The highest BCUT2D eigenvalue weighted by Crippen LogP contribution is 2.47. The number of carbonyl (C=O) groups excluding carboxylic acids is 2. The highest BCUT2D eigenvalue weighted by Gasteiger charge is 2.44. The number of nitrogens with one attached hydrogen (secondary N) is 1.